The molecule has 11 heteroatoms. The number of nitrogens with one attached hydrogen (secondary N) is 2. The van der Waals surface area contributed by atoms with Gasteiger partial charge in [0.1, 0.15) is 0 Å². The fourth-order valence-corrected chi connectivity index (χ4v) is 1.86. The Bertz CT molecular complexity index is 535. The Hall–Kier alpha value is -2.24. The molecule has 1 heterocycles. The van der Waals surface area contributed by atoms with Crippen molar-refractivity contribution in [2.45, 2.75) is 50.9 Å². The second-order valence-corrected chi connectivity index (χ2v) is 5.31. The fraction of sp³-hybridized carbons (Fsp3) is 0.692. The van der Waals surface area contributed by atoms with Gasteiger partial charge in [0.2, 0.25) is 11.8 Å². The molecule has 0 radical (unpaired) electrons. The van der Waals surface area contributed by atoms with Crippen molar-refractivity contribution in [1.82, 2.24) is 20.8 Å². The number of aliphatic hydroxyl groups is 1. The predicted octanol–water partition coefficient (Wildman–Crippen LogP) is -1.17. The largest absolute Gasteiger partial charge is 0.480 e. The average molecular weight is 344 g/mol. The lowest BCUT2D eigenvalue weighted by atomic mass is 10.1. The number of carbonyl (C=O) groups is 2. The van der Waals surface area contributed by atoms with E-state index in [1.807, 2.05) is 0 Å². The number of carboxylic acid groups (broad SMARTS) is 1. The van der Waals surface area contributed by atoms with Crippen molar-refractivity contribution in [3.8, 4) is 0 Å². The van der Waals surface area contributed by atoms with Gasteiger partial charge in [-0.2, -0.15) is 0 Å². The summed E-state index contributed by atoms with van der Waals surface area (Å²) in [5.41, 5.74) is 11.3. The highest BCUT2D eigenvalue weighted by Crippen LogP contribution is 2.15. The third-order valence-electron chi connectivity index (χ3n) is 3.20. The van der Waals surface area contributed by atoms with Crippen LogP contribution in [0.2, 0.25) is 0 Å². The third-order valence-corrected chi connectivity index (χ3v) is 3.20. The number of rotatable bonds is 10. The zero-order chi connectivity index (χ0) is 18.1. The van der Waals surface area contributed by atoms with E-state index in [2.05, 4.69) is 20.8 Å². The van der Waals surface area contributed by atoms with Gasteiger partial charge in [-0.3, -0.25) is 0 Å². The fourth-order valence-electron chi connectivity index (χ4n) is 1.86. The molecule has 0 saturated carbocycles. The molecule has 24 heavy (non-hydrogen) atoms. The summed E-state index contributed by atoms with van der Waals surface area (Å²) in [5.74, 6) is -0.946. The maximum Gasteiger partial charge on any atom is 0.328 e. The molecule has 1 aromatic rings. The Kier molecular flexibility index (Phi) is 8.09. The summed E-state index contributed by atoms with van der Waals surface area (Å²) in [6, 6.07) is -2.60. The predicted molar refractivity (Wildman–Crippen MR) is 82.6 cm³/mol. The van der Waals surface area contributed by atoms with Gasteiger partial charge < -0.3 is 36.7 Å². The van der Waals surface area contributed by atoms with E-state index in [1.54, 1.807) is 0 Å². The van der Waals surface area contributed by atoms with Crippen molar-refractivity contribution in [2.24, 2.45) is 11.5 Å². The molecular formula is C13H24N6O5. The van der Waals surface area contributed by atoms with Crippen molar-refractivity contribution in [3.05, 3.63) is 11.8 Å². The van der Waals surface area contributed by atoms with Crippen molar-refractivity contribution < 1.29 is 24.2 Å². The van der Waals surface area contributed by atoms with Gasteiger partial charge in [-0.25, -0.2) is 9.59 Å². The number of amides is 2. The first kappa shape index (κ1) is 19.8. The molecule has 1 rings (SSSR count). The lowest BCUT2D eigenvalue weighted by Gasteiger charge is -2.16. The van der Waals surface area contributed by atoms with Crippen LogP contribution < -0.4 is 22.1 Å². The first-order chi connectivity index (χ1) is 11.3. The van der Waals surface area contributed by atoms with Gasteiger partial charge in [-0.15, -0.1) is 10.2 Å². The molecular weight excluding hydrogens is 320 g/mol. The van der Waals surface area contributed by atoms with Crippen LogP contribution in [-0.4, -0.2) is 51.1 Å². The minimum Gasteiger partial charge on any atom is -0.480 e. The van der Waals surface area contributed by atoms with Gasteiger partial charge in [-0.1, -0.05) is 6.42 Å². The first-order valence-electron chi connectivity index (χ1n) is 7.58. The first-order valence-corrected chi connectivity index (χ1v) is 7.58. The Labute approximate surface area is 138 Å². The monoisotopic (exact) mass is 344 g/mol. The highest BCUT2D eigenvalue weighted by Gasteiger charge is 2.25. The Morgan fingerprint density at radius 1 is 1.33 bits per heavy atom. The molecule has 3 unspecified atom stereocenters. The van der Waals surface area contributed by atoms with Crippen LogP contribution in [0.4, 0.5) is 4.79 Å². The van der Waals surface area contributed by atoms with Crippen LogP contribution in [-0.2, 0) is 11.3 Å². The van der Waals surface area contributed by atoms with Gasteiger partial charge in [0.05, 0.1) is 18.7 Å². The molecule has 3 atom stereocenters. The number of hydrogen-bond acceptors (Lipinski definition) is 8. The van der Waals surface area contributed by atoms with E-state index in [1.165, 1.54) is 6.92 Å². The van der Waals surface area contributed by atoms with Crippen LogP contribution >= 0.6 is 0 Å². The number of aromatic nitrogens is 2. The number of urea groups is 1. The van der Waals surface area contributed by atoms with E-state index >= 15 is 0 Å². The van der Waals surface area contributed by atoms with E-state index in [9.17, 15) is 14.7 Å². The number of nitrogens with two attached hydrogens (primary N) is 2. The number of aliphatic carboxylic acids is 1. The van der Waals surface area contributed by atoms with Gasteiger partial charge in [0.25, 0.3) is 0 Å². The molecule has 1 aromatic heterocycles. The summed E-state index contributed by atoms with van der Waals surface area (Å²) in [7, 11) is 0. The second kappa shape index (κ2) is 9.80. The number of carbonyl (C=O) groups excluding carboxylic acids is 1. The van der Waals surface area contributed by atoms with E-state index in [0.717, 1.165) is 12.8 Å². The Balaban J connectivity index is 2.45. The van der Waals surface area contributed by atoms with E-state index in [4.69, 9.17) is 21.0 Å². The minimum absolute atomic E-state index is 0.0967. The number of aliphatic hydroxyl groups excluding tert-OH is 1. The minimum atomic E-state index is -1.42. The molecule has 8 N–H and O–H groups in total. The van der Waals surface area contributed by atoms with E-state index < -0.39 is 30.2 Å². The lowest BCUT2D eigenvalue weighted by molar-refractivity contribution is -0.141. The molecule has 136 valence electrons. The molecule has 0 aliphatic heterocycles. The maximum atomic E-state index is 11.6. The molecule has 0 aromatic carbocycles. The number of unbranched alkanes of at least 4 members (excludes halogenated alkanes) is 1. The van der Waals surface area contributed by atoms with Crippen molar-refractivity contribution in [1.29, 1.82) is 0 Å². The summed E-state index contributed by atoms with van der Waals surface area (Å²) < 4.78 is 5.34. The summed E-state index contributed by atoms with van der Waals surface area (Å²) in [6.45, 7) is 1.75. The highest BCUT2D eigenvalue weighted by atomic mass is 16.4. The lowest BCUT2D eigenvalue weighted by Crippen LogP contribution is -2.51. The quantitative estimate of drug-likeness (QED) is 0.284. The van der Waals surface area contributed by atoms with Gasteiger partial charge in [-0.05, 0) is 26.3 Å². The molecule has 0 spiro atoms. The van der Waals surface area contributed by atoms with Crippen molar-refractivity contribution >= 4 is 12.0 Å². The average Bonchev–Trinajstić information content (AvgIpc) is 2.99. The van der Waals surface area contributed by atoms with Crippen LogP contribution in [0.5, 0.6) is 0 Å². The normalized spacial score (nSPS) is 14.7. The molecule has 0 bridgehead atoms. The van der Waals surface area contributed by atoms with Crippen LogP contribution in [0, 0.1) is 0 Å². The second-order valence-electron chi connectivity index (χ2n) is 5.31. The van der Waals surface area contributed by atoms with Gasteiger partial charge in [0.15, 0.2) is 6.04 Å². The van der Waals surface area contributed by atoms with Crippen LogP contribution in [0.15, 0.2) is 4.42 Å². The Morgan fingerprint density at radius 3 is 2.62 bits per heavy atom. The van der Waals surface area contributed by atoms with E-state index in [0.29, 0.717) is 13.0 Å². The third kappa shape index (κ3) is 6.48. The number of nitrogens with zero attached hydrogens (tertiary/aromatic N) is 2. The highest BCUT2D eigenvalue weighted by molar-refractivity contribution is 5.82. The van der Waals surface area contributed by atoms with Gasteiger partial charge >= 0.3 is 12.0 Å². The summed E-state index contributed by atoms with van der Waals surface area (Å²) in [6.07, 6.45) is 1.10. The molecule has 11 nitrogen and oxygen atoms in total. The summed E-state index contributed by atoms with van der Waals surface area (Å²) in [5, 5.41) is 30.2. The number of carboxylic acids is 1. The zero-order valence-corrected chi connectivity index (χ0v) is 13.4. The molecule has 0 aliphatic carbocycles. The summed E-state index contributed by atoms with van der Waals surface area (Å²) >= 11 is 0. The van der Waals surface area contributed by atoms with Crippen LogP contribution in [0.3, 0.4) is 0 Å². The SMILES string of the molecule is CC(O)C(NC(=O)NCc1nnc(C(N)CCCCN)o1)C(=O)O. The standard InChI is InChI=1S/C13H24N6O5/c1-7(20)10(12(21)22)17-13(23)16-6-9-18-19-11(24-9)8(15)4-2-3-5-14/h7-8,10,20H,2-6,14-15H2,1H3,(H,21,22)(H2,16,17,23). The topological polar surface area (TPSA) is 190 Å². The number of hydrogen-bond donors (Lipinski definition) is 6. The van der Waals surface area contributed by atoms with Crippen molar-refractivity contribution in [2.75, 3.05) is 6.54 Å². The maximum absolute atomic E-state index is 11.6. The smallest absolute Gasteiger partial charge is 0.328 e. The Morgan fingerprint density at radius 2 is 2.04 bits per heavy atom. The van der Waals surface area contributed by atoms with Gasteiger partial charge in [0, 0.05) is 0 Å². The molecule has 0 fully saturated rings. The molecule has 0 aliphatic rings. The zero-order valence-electron chi connectivity index (χ0n) is 13.4. The van der Waals surface area contributed by atoms with Crippen LogP contribution in [0.25, 0.3) is 0 Å². The molecule has 2 amide bonds. The van der Waals surface area contributed by atoms with E-state index in [-0.39, 0.29) is 18.3 Å². The van der Waals surface area contributed by atoms with Crippen molar-refractivity contribution in [3.63, 3.8) is 0 Å². The van der Waals surface area contributed by atoms with Crippen LogP contribution in [0.1, 0.15) is 44.0 Å². The molecule has 0 saturated heterocycles. The summed E-state index contributed by atoms with van der Waals surface area (Å²) in [4.78, 5) is 22.5.